The lowest BCUT2D eigenvalue weighted by Gasteiger charge is -2.49. The molecule has 0 bridgehead atoms. The maximum absolute atomic E-state index is 13.4. The Morgan fingerprint density at radius 1 is 1.27 bits per heavy atom. The van der Waals surface area contributed by atoms with E-state index in [0.717, 1.165) is 4.90 Å². The average Bonchev–Trinajstić information content (AvgIpc) is 3.37. The number of hydrogen-bond donors (Lipinski definition) is 5. The summed E-state index contributed by atoms with van der Waals surface area (Å²) in [6.45, 7) is 0. The molecule has 19 heteroatoms. The molecule has 2 aromatic heterocycles. The van der Waals surface area contributed by atoms with Crippen molar-refractivity contribution < 1.29 is 24.3 Å². The van der Waals surface area contributed by atoms with Gasteiger partial charge in [-0.2, -0.15) is 5.10 Å². The number of carbonyl (C=O) groups excluding carboxylic acids is 3. The van der Waals surface area contributed by atoms with Gasteiger partial charge in [0.1, 0.15) is 23.2 Å². The van der Waals surface area contributed by atoms with Gasteiger partial charge in [-0.3, -0.25) is 34.2 Å². The zero-order valence-corrected chi connectivity index (χ0v) is 23.4. The number of aromatic amines is 2. The Bertz CT molecular complexity index is 1690. The van der Waals surface area contributed by atoms with E-state index < -0.39 is 52.4 Å². The number of benzene rings is 1. The van der Waals surface area contributed by atoms with Gasteiger partial charge in [0.2, 0.25) is 16.8 Å². The molecule has 2 aliphatic rings. The van der Waals surface area contributed by atoms with Crippen molar-refractivity contribution in [3.8, 4) is 0 Å². The molecule has 16 nitrogen and oxygen atoms in total. The van der Waals surface area contributed by atoms with Crippen LogP contribution in [0.4, 0.5) is 0 Å². The van der Waals surface area contributed by atoms with E-state index in [9.17, 15) is 29.1 Å². The lowest BCUT2D eigenvalue weighted by Crippen LogP contribution is -2.71. The predicted molar refractivity (Wildman–Crippen MR) is 146 cm³/mol. The summed E-state index contributed by atoms with van der Waals surface area (Å²) < 4.78 is 1.37. The van der Waals surface area contributed by atoms with Crippen molar-refractivity contribution >= 4 is 59.4 Å². The highest BCUT2D eigenvalue weighted by molar-refractivity contribution is 8.01. The highest BCUT2D eigenvalue weighted by atomic mass is 32.2. The third kappa shape index (κ3) is 5.63. The van der Waals surface area contributed by atoms with Gasteiger partial charge in [0, 0.05) is 18.6 Å². The largest absolute Gasteiger partial charge is 0.477 e. The second kappa shape index (κ2) is 11.6. The molecule has 1 fully saturated rings. The molecular weight excluding hydrogens is 597 g/mol. The number of carboxylic acids is 1. The number of amides is 3. The van der Waals surface area contributed by atoms with Gasteiger partial charge in [-0.25, -0.2) is 9.48 Å². The van der Waals surface area contributed by atoms with Gasteiger partial charge in [0.25, 0.3) is 17.4 Å². The van der Waals surface area contributed by atoms with E-state index in [-0.39, 0.29) is 16.2 Å². The zero-order valence-electron chi connectivity index (χ0n) is 20.9. The van der Waals surface area contributed by atoms with E-state index >= 15 is 0 Å². The van der Waals surface area contributed by atoms with Crippen molar-refractivity contribution in [2.45, 2.75) is 22.6 Å². The molecule has 212 valence electrons. The molecule has 2 unspecified atom stereocenters. The molecule has 3 aromatic rings. The summed E-state index contributed by atoms with van der Waals surface area (Å²) in [4.78, 5) is 67.2. The van der Waals surface area contributed by atoms with Crippen LogP contribution in [0.2, 0.25) is 0 Å². The molecule has 1 saturated heterocycles. The van der Waals surface area contributed by atoms with Crippen LogP contribution >= 0.6 is 35.7 Å². The standard InChI is InChI=1S/C22H20N10O6S3/c1-31-22(28-29-30-31)41-8-10-7-40-19-13(18(36)32(19)14(10)20(37)38)24-15(33)11(9-5-3-2-4-6-9)23-16(34)12-17(35)25-21(39)27-26-12/h2-6,11,13,19H,7-8H2,1H3,(H,23,34)(H,24,33)(H,37,38)(H2,25,27,35,39)/t11?,13?,19-/m1/s1. The lowest BCUT2D eigenvalue weighted by atomic mass is 10.0. The minimum absolute atomic E-state index is 0.0795. The molecule has 3 atom stereocenters. The molecule has 3 amide bonds. The van der Waals surface area contributed by atoms with Crippen LogP contribution in [-0.4, -0.2) is 92.0 Å². The zero-order chi connectivity index (χ0) is 29.3. The van der Waals surface area contributed by atoms with Gasteiger partial charge in [0.05, 0.1) is 0 Å². The van der Waals surface area contributed by atoms with E-state index in [1.165, 1.54) is 28.2 Å². The maximum atomic E-state index is 13.4. The topological polar surface area (TPSA) is 221 Å². The number of aryl methyl sites for hydroxylation is 1. The van der Waals surface area contributed by atoms with Crippen LogP contribution in [0, 0.1) is 4.77 Å². The third-order valence-electron chi connectivity index (χ3n) is 6.10. The van der Waals surface area contributed by atoms with Crippen molar-refractivity contribution in [2.24, 2.45) is 7.05 Å². The number of nitrogens with one attached hydrogen (secondary N) is 4. The third-order valence-corrected chi connectivity index (χ3v) is 8.73. The molecule has 0 aliphatic carbocycles. The van der Waals surface area contributed by atoms with Crippen LogP contribution in [0.1, 0.15) is 22.1 Å². The highest BCUT2D eigenvalue weighted by Gasteiger charge is 2.54. The Hall–Kier alpha value is -4.36. The number of thioether (sulfide) groups is 2. The normalized spacial score (nSPS) is 18.8. The van der Waals surface area contributed by atoms with E-state index in [0.29, 0.717) is 22.0 Å². The van der Waals surface area contributed by atoms with Gasteiger partial charge < -0.3 is 15.7 Å². The summed E-state index contributed by atoms with van der Waals surface area (Å²) in [7, 11) is 1.65. The molecule has 5 N–H and O–H groups in total. The first kappa shape index (κ1) is 28.2. The number of tetrazole rings is 1. The smallest absolute Gasteiger partial charge is 0.352 e. The fraction of sp³-hybridized carbons (Fsp3) is 0.273. The van der Waals surface area contributed by atoms with E-state index in [1.807, 2.05) is 0 Å². The van der Waals surface area contributed by atoms with Crippen LogP contribution < -0.4 is 16.2 Å². The quantitative estimate of drug-likeness (QED) is 0.115. The minimum atomic E-state index is -1.30. The van der Waals surface area contributed by atoms with Crippen LogP contribution in [0.3, 0.4) is 0 Å². The number of carboxylic acid groups (broad SMARTS) is 1. The van der Waals surface area contributed by atoms with Crippen LogP contribution in [0.15, 0.2) is 51.6 Å². The van der Waals surface area contributed by atoms with Crippen molar-refractivity contribution in [2.75, 3.05) is 11.5 Å². The second-order valence-corrected chi connectivity index (χ2v) is 11.2. The van der Waals surface area contributed by atoms with Gasteiger partial charge in [0.15, 0.2) is 4.77 Å². The molecule has 0 spiro atoms. The van der Waals surface area contributed by atoms with Gasteiger partial charge in [-0.15, -0.1) is 16.9 Å². The number of rotatable bonds is 9. The molecule has 4 heterocycles. The van der Waals surface area contributed by atoms with Crippen molar-refractivity contribution in [1.82, 2.24) is 50.9 Å². The Morgan fingerprint density at radius 2 is 2.02 bits per heavy atom. The Morgan fingerprint density at radius 3 is 2.68 bits per heavy atom. The Balaban J connectivity index is 1.33. The first-order valence-electron chi connectivity index (χ1n) is 11.8. The van der Waals surface area contributed by atoms with E-state index in [1.54, 1.807) is 37.4 Å². The van der Waals surface area contributed by atoms with E-state index in [2.05, 4.69) is 41.3 Å². The SMILES string of the molecule is Cn1nnnc1SCC1=C(C(=O)O)N2C(=O)C(NC(=O)C(NC(=O)c3n[nH]c(=S)[nH]c3=O)c3ccccc3)[C@H]2SC1. The van der Waals surface area contributed by atoms with Crippen LogP contribution in [-0.2, 0) is 21.4 Å². The number of β-lactam (4-membered cyclic amide) rings is 1. The van der Waals surface area contributed by atoms with Gasteiger partial charge in [-0.1, -0.05) is 42.1 Å². The molecule has 2 aliphatic heterocycles. The fourth-order valence-electron chi connectivity index (χ4n) is 4.17. The molecule has 41 heavy (non-hydrogen) atoms. The number of nitrogens with zero attached hydrogens (tertiary/aromatic N) is 6. The fourth-order valence-corrected chi connectivity index (χ4v) is 6.65. The molecule has 0 saturated carbocycles. The van der Waals surface area contributed by atoms with Crippen molar-refractivity contribution in [3.05, 3.63) is 68.0 Å². The molecular formula is C22H20N10O6S3. The summed E-state index contributed by atoms with van der Waals surface area (Å²) in [5.41, 5.74) is -0.646. The van der Waals surface area contributed by atoms with E-state index in [4.69, 9.17) is 12.2 Å². The average molecular weight is 617 g/mol. The minimum Gasteiger partial charge on any atom is -0.477 e. The maximum Gasteiger partial charge on any atom is 0.352 e. The number of hydrogen-bond acceptors (Lipinski definition) is 12. The monoisotopic (exact) mass is 616 g/mol. The number of aromatic nitrogens is 7. The highest BCUT2D eigenvalue weighted by Crippen LogP contribution is 2.41. The Labute approximate surface area is 243 Å². The summed E-state index contributed by atoms with van der Waals surface area (Å²) in [6.07, 6.45) is 0. The van der Waals surface area contributed by atoms with Gasteiger partial charge in [-0.05, 0) is 33.8 Å². The van der Waals surface area contributed by atoms with Crippen molar-refractivity contribution in [1.29, 1.82) is 0 Å². The first-order valence-corrected chi connectivity index (χ1v) is 14.2. The number of aliphatic carboxylic acids is 1. The molecule has 0 radical (unpaired) electrons. The summed E-state index contributed by atoms with van der Waals surface area (Å²) in [6, 6.07) is 5.86. The summed E-state index contributed by atoms with van der Waals surface area (Å²) in [5, 5.41) is 32.0. The Kier molecular flexibility index (Phi) is 7.99. The summed E-state index contributed by atoms with van der Waals surface area (Å²) >= 11 is 7.32. The number of carbonyl (C=O) groups is 4. The summed E-state index contributed by atoms with van der Waals surface area (Å²) in [5.74, 6) is -3.03. The second-order valence-electron chi connectivity index (χ2n) is 8.70. The molecule has 5 rings (SSSR count). The number of H-pyrrole nitrogens is 2. The first-order chi connectivity index (χ1) is 19.7. The van der Waals surface area contributed by atoms with Crippen LogP contribution in [0.5, 0.6) is 0 Å². The van der Waals surface area contributed by atoms with Gasteiger partial charge >= 0.3 is 5.97 Å². The van der Waals surface area contributed by atoms with Crippen LogP contribution in [0.25, 0.3) is 0 Å². The predicted octanol–water partition coefficient (Wildman–Crippen LogP) is -0.647. The lowest BCUT2D eigenvalue weighted by molar-refractivity contribution is -0.151. The molecule has 1 aromatic carbocycles. The van der Waals surface area contributed by atoms with Crippen molar-refractivity contribution in [3.63, 3.8) is 0 Å². The number of fused-ring (bicyclic) bond motifs is 1.